The van der Waals surface area contributed by atoms with E-state index in [0.29, 0.717) is 6.54 Å². The second-order valence-electron chi connectivity index (χ2n) is 8.42. The quantitative estimate of drug-likeness (QED) is 0.740. The molecule has 1 aromatic heterocycles. The molecule has 0 fully saturated rings. The van der Waals surface area contributed by atoms with Crippen LogP contribution in [-0.2, 0) is 15.4 Å². The number of hydrogen-bond donors (Lipinski definition) is 1. The van der Waals surface area contributed by atoms with Crippen molar-refractivity contribution >= 4 is 30.6 Å². The number of rotatable bonds is 6. The summed E-state index contributed by atoms with van der Waals surface area (Å²) >= 11 is 1.62. The van der Waals surface area contributed by atoms with E-state index in [4.69, 9.17) is 4.43 Å². The first-order valence-electron chi connectivity index (χ1n) is 7.99. The first-order valence-corrected chi connectivity index (χ1v) is 12.9. The van der Waals surface area contributed by atoms with Gasteiger partial charge in [-0.15, -0.1) is 11.3 Å². The highest BCUT2D eigenvalue weighted by Gasteiger charge is 2.40. The molecule has 0 aliphatic heterocycles. The van der Waals surface area contributed by atoms with Crippen molar-refractivity contribution in [3.05, 3.63) is 16.1 Å². The highest BCUT2D eigenvalue weighted by atomic mass is 32.2. The van der Waals surface area contributed by atoms with Crippen molar-refractivity contribution in [2.75, 3.05) is 6.54 Å². The second-order valence-corrected chi connectivity index (χ2v) is 16.1. The van der Waals surface area contributed by atoms with E-state index in [1.54, 1.807) is 11.3 Å². The zero-order valence-corrected chi connectivity index (χ0v) is 18.6. The topological polar surface area (TPSA) is 51.2 Å². The number of nitrogens with one attached hydrogen (secondary N) is 1. The molecule has 23 heavy (non-hydrogen) atoms. The van der Waals surface area contributed by atoms with E-state index < -0.39 is 19.3 Å². The van der Waals surface area contributed by atoms with E-state index in [1.165, 1.54) is 0 Å². The number of thiazole rings is 1. The van der Waals surface area contributed by atoms with Crippen LogP contribution in [0.1, 0.15) is 58.3 Å². The summed E-state index contributed by atoms with van der Waals surface area (Å²) < 4.78 is 21.7. The first-order chi connectivity index (χ1) is 10.2. The zero-order valence-electron chi connectivity index (χ0n) is 15.9. The lowest BCUT2D eigenvalue weighted by molar-refractivity contribution is 0.187. The molecule has 0 aliphatic carbocycles. The van der Waals surface area contributed by atoms with Crippen molar-refractivity contribution in [2.24, 2.45) is 0 Å². The third kappa shape index (κ3) is 6.05. The van der Waals surface area contributed by atoms with Gasteiger partial charge < -0.3 is 4.43 Å². The Labute approximate surface area is 149 Å². The van der Waals surface area contributed by atoms with E-state index >= 15 is 0 Å². The Kier molecular flexibility index (Phi) is 6.77. The fourth-order valence-electron chi connectivity index (χ4n) is 1.60. The summed E-state index contributed by atoms with van der Waals surface area (Å²) in [6.07, 6.45) is -0.152. The molecule has 0 aliphatic rings. The Morgan fingerprint density at radius 2 is 1.87 bits per heavy atom. The van der Waals surface area contributed by atoms with Crippen LogP contribution in [0.3, 0.4) is 0 Å². The van der Waals surface area contributed by atoms with Crippen molar-refractivity contribution in [3.8, 4) is 0 Å². The number of aryl methyl sites for hydroxylation is 1. The summed E-state index contributed by atoms with van der Waals surface area (Å²) in [5, 5.41) is 3.13. The molecule has 0 spiro atoms. The predicted octanol–water partition coefficient (Wildman–Crippen LogP) is 4.57. The standard InChI is InChI=1S/C16H32N2O2S2Si/c1-12-11-21-14(18-12)13(10-17-22(19)15(2,3)4)20-23(8,9)16(5,6)7/h11,13,17H,10H2,1-9H3/t13-,22?/m1/s1. The summed E-state index contributed by atoms with van der Waals surface area (Å²) in [5.41, 5.74) is 1.01. The minimum absolute atomic E-state index is 0.126. The molecule has 0 bridgehead atoms. The van der Waals surface area contributed by atoms with Gasteiger partial charge in [0.1, 0.15) is 11.1 Å². The molecule has 0 saturated heterocycles. The summed E-state index contributed by atoms with van der Waals surface area (Å²) in [6.45, 7) is 19.6. The Balaban J connectivity index is 2.94. The SMILES string of the molecule is Cc1csc([C@@H](CNS(=O)C(C)(C)C)O[Si](C)(C)C(C)(C)C)n1. The molecule has 1 unspecified atom stereocenters. The van der Waals surface area contributed by atoms with Gasteiger partial charge in [0.2, 0.25) is 0 Å². The predicted molar refractivity (Wildman–Crippen MR) is 104 cm³/mol. The monoisotopic (exact) mass is 376 g/mol. The van der Waals surface area contributed by atoms with Gasteiger partial charge in [-0.2, -0.15) is 0 Å². The number of aromatic nitrogens is 1. The molecule has 2 atom stereocenters. The lowest BCUT2D eigenvalue weighted by Gasteiger charge is -2.39. The van der Waals surface area contributed by atoms with Gasteiger partial charge in [-0.3, -0.25) is 0 Å². The molecule has 0 aromatic carbocycles. The summed E-state index contributed by atoms with van der Waals surface area (Å²) in [4.78, 5) is 4.59. The van der Waals surface area contributed by atoms with Crippen molar-refractivity contribution < 1.29 is 8.63 Å². The third-order valence-corrected chi connectivity index (χ3v) is 11.2. The Morgan fingerprint density at radius 1 is 1.30 bits per heavy atom. The minimum Gasteiger partial charge on any atom is -0.406 e. The van der Waals surface area contributed by atoms with Gasteiger partial charge in [0.15, 0.2) is 8.32 Å². The maximum absolute atomic E-state index is 12.3. The summed E-state index contributed by atoms with van der Waals surface area (Å²) in [6, 6.07) is 0. The first kappa shape index (κ1) is 21.0. The van der Waals surface area contributed by atoms with Gasteiger partial charge in [-0.05, 0) is 45.8 Å². The van der Waals surface area contributed by atoms with E-state index in [9.17, 15) is 4.21 Å². The number of nitrogens with zero attached hydrogens (tertiary/aromatic N) is 1. The molecule has 4 nitrogen and oxygen atoms in total. The maximum Gasteiger partial charge on any atom is 0.193 e. The Bertz CT molecular complexity index is 545. The molecule has 0 saturated carbocycles. The molecule has 1 N–H and O–H groups in total. The lowest BCUT2D eigenvalue weighted by Crippen LogP contribution is -2.44. The molecule has 1 heterocycles. The van der Waals surface area contributed by atoms with Crippen LogP contribution in [-0.4, -0.2) is 28.8 Å². The van der Waals surface area contributed by atoms with Crippen LogP contribution in [0.2, 0.25) is 18.1 Å². The Morgan fingerprint density at radius 3 is 2.26 bits per heavy atom. The smallest absolute Gasteiger partial charge is 0.193 e. The van der Waals surface area contributed by atoms with Crippen LogP contribution in [0.5, 0.6) is 0 Å². The van der Waals surface area contributed by atoms with Gasteiger partial charge >= 0.3 is 0 Å². The summed E-state index contributed by atoms with van der Waals surface area (Å²) in [5.74, 6) is 0. The van der Waals surface area contributed by atoms with Gasteiger partial charge in [-0.25, -0.2) is 13.9 Å². The van der Waals surface area contributed by atoms with Gasteiger partial charge in [-0.1, -0.05) is 20.8 Å². The molecule has 7 heteroatoms. The van der Waals surface area contributed by atoms with Crippen LogP contribution in [0.15, 0.2) is 5.38 Å². The van der Waals surface area contributed by atoms with Crippen molar-refractivity contribution in [2.45, 2.75) is 77.4 Å². The lowest BCUT2D eigenvalue weighted by atomic mass is 10.2. The largest absolute Gasteiger partial charge is 0.406 e. The molecule has 0 radical (unpaired) electrons. The van der Waals surface area contributed by atoms with E-state index in [-0.39, 0.29) is 15.9 Å². The highest BCUT2D eigenvalue weighted by molar-refractivity contribution is 7.84. The normalized spacial score (nSPS) is 16.4. The van der Waals surface area contributed by atoms with E-state index in [2.05, 4.69) is 43.6 Å². The Hall–Kier alpha value is -0.0831. The van der Waals surface area contributed by atoms with Crippen LogP contribution < -0.4 is 4.72 Å². The van der Waals surface area contributed by atoms with Crippen LogP contribution in [0.4, 0.5) is 0 Å². The van der Waals surface area contributed by atoms with E-state index in [0.717, 1.165) is 10.7 Å². The molecular formula is C16H32N2O2S2Si. The van der Waals surface area contributed by atoms with Crippen LogP contribution in [0.25, 0.3) is 0 Å². The van der Waals surface area contributed by atoms with Gasteiger partial charge in [0, 0.05) is 17.6 Å². The number of hydrogen-bond acceptors (Lipinski definition) is 4. The molecule has 134 valence electrons. The average Bonchev–Trinajstić information content (AvgIpc) is 2.78. The maximum atomic E-state index is 12.3. The summed E-state index contributed by atoms with van der Waals surface area (Å²) in [7, 11) is -3.04. The second kappa shape index (κ2) is 7.43. The van der Waals surface area contributed by atoms with Crippen molar-refractivity contribution in [1.82, 2.24) is 9.71 Å². The molecular weight excluding hydrogens is 344 g/mol. The fraction of sp³-hybridized carbons (Fsp3) is 0.812. The van der Waals surface area contributed by atoms with Gasteiger partial charge in [0.05, 0.1) is 15.7 Å². The minimum atomic E-state index is -1.93. The van der Waals surface area contributed by atoms with Gasteiger partial charge in [0.25, 0.3) is 0 Å². The molecule has 1 rings (SSSR count). The van der Waals surface area contributed by atoms with E-state index in [1.807, 2.05) is 33.1 Å². The molecule has 1 aromatic rings. The van der Waals surface area contributed by atoms with Crippen molar-refractivity contribution in [3.63, 3.8) is 0 Å². The van der Waals surface area contributed by atoms with Crippen molar-refractivity contribution in [1.29, 1.82) is 0 Å². The van der Waals surface area contributed by atoms with Crippen LogP contribution in [0, 0.1) is 6.92 Å². The highest BCUT2D eigenvalue weighted by Crippen LogP contribution is 2.40. The molecule has 0 amide bonds. The van der Waals surface area contributed by atoms with Crippen LogP contribution >= 0.6 is 11.3 Å². The fourth-order valence-corrected chi connectivity index (χ4v) is 4.50. The zero-order chi connectivity index (χ0) is 18.1. The average molecular weight is 377 g/mol. The third-order valence-electron chi connectivity index (χ3n) is 4.11.